The molecule has 0 radical (unpaired) electrons. The molecule has 0 aliphatic carbocycles. The molecule has 0 fully saturated rings. The van der Waals surface area contributed by atoms with Crippen molar-refractivity contribution in [2.24, 2.45) is 0 Å². The third kappa shape index (κ3) is 2.92. The predicted molar refractivity (Wildman–Crippen MR) is 76.4 cm³/mol. The van der Waals surface area contributed by atoms with Crippen LogP contribution in [0.15, 0.2) is 42.7 Å². The van der Waals surface area contributed by atoms with Gasteiger partial charge in [0.2, 0.25) is 0 Å². The summed E-state index contributed by atoms with van der Waals surface area (Å²) in [5.41, 5.74) is 7.26. The minimum Gasteiger partial charge on any atom is -0.398 e. The first-order valence-electron chi connectivity index (χ1n) is 5.95. The van der Waals surface area contributed by atoms with Crippen LogP contribution >= 0.6 is 0 Å². The van der Waals surface area contributed by atoms with E-state index in [1.165, 1.54) is 25.4 Å². The highest BCUT2D eigenvalue weighted by Gasteiger charge is 2.13. The van der Waals surface area contributed by atoms with Gasteiger partial charge in [0.25, 0.3) is 11.8 Å². The molecule has 2 aromatic rings. The van der Waals surface area contributed by atoms with Crippen LogP contribution in [-0.2, 0) is 0 Å². The maximum Gasteiger partial charge on any atom is 0.257 e. The Kier molecular flexibility index (Phi) is 3.95. The van der Waals surface area contributed by atoms with E-state index in [0.29, 0.717) is 16.9 Å². The van der Waals surface area contributed by atoms with Crippen molar-refractivity contribution in [2.45, 2.75) is 0 Å². The molecule has 1 aromatic heterocycles. The lowest BCUT2D eigenvalue weighted by atomic mass is 10.1. The predicted octanol–water partition coefficient (Wildman–Crippen LogP) is 1.28. The number of aromatic nitrogens is 1. The van der Waals surface area contributed by atoms with Crippen molar-refractivity contribution >= 4 is 23.2 Å². The van der Waals surface area contributed by atoms with Crippen molar-refractivity contribution in [3.8, 4) is 0 Å². The molecule has 6 nitrogen and oxygen atoms in total. The Morgan fingerprint density at radius 2 is 2.00 bits per heavy atom. The lowest BCUT2D eigenvalue weighted by molar-refractivity contribution is 0.0963. The smallest absolute Gasteiger partial charge is 0.257 e. The van der Waals surface area contributed by atoms with E-state index in [1.54, 1.807) is 24.4 Å². The summed E-state index contributed by atoms with van der Waals surface area (Å²) < 4.78 is 0. The highest BCUT2D eigenvalue weighted by Crippen LogP contribution is 2.16. The summed E-state index contributed by atoms with van der Waals surface area (Å²) in [5, 5.41) is 5.17. The number of nitrogens with one attached hydrogen (secondary N) is 2. The van der Waals surface area contributed by atoms with E-state index in [2.05, 4.69) is 15.6 Å². The molecule has 0 saturated heterocycles. The fourth-order valence-corrected chi connectivity index (χ4v) is 1.67. The van der Waals surface area contributed by atoms with Gasteiger partial charge in [0.05, 0.1) is 17.4 Å². The molecule has 102 valence electrons. The number of pyridine rings is 1. The number of nitrogen functional groups attached to an aromatic ring is 1. The molecule has 2 rings (SSSR count). The van der Waals surface area contributed by atoms with Gasteiger partial charge in [-0.1, -0.05) is 0 Å². The molecule has 2 amide bonds. The Hall–Kier alpha value is -2.89. The van der Waals surface area contributed by atoms with Crippen LogP contribution in [0.4, 0.5) is 11.4 Å². The van der Waals surface area contributed by atoms with Crippen molar-refractivity contribution < 1.29 is 9.59 Å². The van der Waals surface area contributed by atoms with Crippen molar-refractivity contribution in [3.63, 3.8) is 0 Å². The van der Waals surface area contributed by atoms with Crippen LogP contribution in [0.25, 0.3) is 0 Å². The van der Waals surface area contributed by atoms with E-state index in [1.807, 2.05) is 0 Å². The molecule has 0 atom stereocenters. The van der Waals surface area contributed by atoms with Gasteiger partial charge in [-0.05, 0) is 30.3 Å². The van der Waals surface area contributed by atoms with Gasteiger partial charge in [0, 0.05) is 24.5 Å². The first kappa shape index (κ1) is 13.5. The monoisotopic (exact) mass is 270 g/mol. The zero-order valence-corrected chi connectivity index (χ0v) is 10.9. The number of amides is 2. The average Bonchev–Trinajstić information content (AvgIpc) is 2.48. The second-order valence-corrected chi connectivity index (χ2v) is 4.08. The van der Waals surface area contributed by atoms with Crippen molar-refractivity contribution in [3.05, 3.63) is 53.9 Å². The van der Waals surface area contributed by atoms with E-state index in [-0.39, 0.29) is 17.4 Å². The maximum absolute atomic E-state index is 12.1. The summed E-state index contributed by atoms with van der Waals surface area (Å²) in [7, 11) is 1.52. The number of rotatable bonds is 3. The number of nitrogens with two attached hydrogens (primary N) is 1. The van der Waals surface area contributed by atoms with Gasteiger partial charge in [-0.2, -0.15) is 0 Å². The van der Waals surface area contributed by atoms with Crippen LogP contribution in [0.5, 0.6) is 0 Å². The Labute approximate surface area is 116 Å². The van der Waals surface area contributed by atoms with Gasteiger partial charge in [-0.3, -0.25) is 14.6 Å². The van der Waals surface area contributed by atoms with E-state index in [9.17, 15) is 9.59 Å². The molecule has 4 N–H and O–H groups in total. The van der Waals surface area contributed by atoms with E-state index < -0.39 is 0 Å². The van der Waals surface area contributed by atoms with Gasteiger partial charge < -0.3 is 16.4 Å². The quantitative estimate of drug-likeness (QED) is 0.732. The molecule has 0 spiro atoms. The van der Waals surface area contributed by atoms with Crippen LogP contribution in [0, 0.1) is 0 Å². The minimum atomic E-state index is -0.388. The summed E-state index contributed by atoms with van der Waals surface area (Å²) in [4.78, 5) is 27.6. The SMILES string of the molecule is CNC(=O)c1ccc(N)c(C(=O)Nc2cccnc2)c1. The molecule has 0 saturated carbocycles. The van der Waals surface area contributed by atoms with Crippen LogP contribution < -0.4 is 16.4 Å². The Balaban J connectivity index is 2.27. The molecule has 20 heavy (non-hydrogen) atoms. The first-order chi connectivity index (χ1) is 9.61. The second-order valence-electron chi connectivity index (χ2n) is 4.08. The van der Waals surface area contributed by atoms with Crippen LogP contribution in [0.2, 0.25) is 0 Å². The molecule has 1 heterocycles. The number of carbonyl (C=O) groups is 2. The summed E-state index contributed by atoms with van der Waals surface area (Å²) in [6.45, 7) is 0. The van der Waals surface area contributed by atoms with Gasteiger partial charge in [0.15, 0.2) is 0 Å². The maximum atomic E-state index is 12.1. The van der Waals surface area contributed by atoms with Gasteiger partial charge in [0.1, 0.15) is 0 Å². The number of carbonyl (C=O) groups excluding carboxylic acids is 2. The molecule has 0 bridgehead atoms. The summed E-state index contributed by atoms with van der Waals surface area (Å²) in [6, 6.07) is 7.97. The summed E-state index contributed by atoms with van der Waals surface area (Å²) >= 11 is 0. The second kappa shape index (κ2) is 5.83. The third-order valence-corrected chi connectivity index (χ3v) is 2.71. The van der Waals surface area contributed by atoms with Crippen LogP contribution in [0.1, 0.15) is 20.7 Å². The topological polar surface area (TPSA) is 97.1 Å². The van der Waals surface area contributed by atoms with Crippen LogP contribution in [-0.4, -0.2) is 23.8 Å². The van der Waals surface area contributed by atoms with Crippen molar-refractivity contribution in [1.82, 2.24) is 10.3 Å². The number of benzene rings is 1. The first-order valence-corrected chi connectivity index (χ1v) is 5.95. The van der Waals surface area contributed by atoms with Gasteiger partial charge in [-0.25, -0.2) is 0 Å². The Morgan fingerprint density at radius 1 is 1.20 bits per heavy atom. The third-order valence-electron chi connectivity index (χ3n) is 2.71. The minimum absolute atomic E-state index is 0.245. The number of hydrogen-bond acceptors (Lipinski definition) is 4. The summed E-state index contributed by atoms with van der Waals surface area (Å²) in [6.07, 6.45) is 3.13. The molecular weight excluding hydrogens is 256 g/mol. The fraction of sp³-hybridized carbons (Fsp3) is 0.0714. The van der Waals surface area contributed by atoms with E-state index in [0.717, 1.165) is 0 Å². The highest BCUT2D eigenvalue weighted by molar-refractivity contribution is 6.09. The summed E-state index contributed by atoms with van der Waals surface area (Å²) in [5.74, 6) is -0.665. The molecular formula is C14H14N4O2. The highest BCUT2D eigenvalue weighted by atomic mass is 16.2. The zero-order valence-electron chi connectivity index (χ0n) is 10.9. The van der Waals surface area contributed by atoms with Gasteiger partial charge in [-0.15, -0.1) is 0 Å². The fourth-order valence-electron chi connectivity index (χ4n) is 1.67. The number of nitrogens with zero attached hydrogens (tertiary/aromatic N) is 1. The average molecular weight is 270 g/mol. The van der Waals surface area contributed by atoms with Crippen molar-refractivity contribution in [2.75, 3.05) is 18.1 Å². The Morgan fingerprint density at radius 3 is 2.65 bits per heavy atom. The molecule has 0 aliphatic rings. The normalized spacial score (nSPS) is 9.85. The standard InChI is InChI=1S/C14H14N4O2/c1-16-13(19)9-4-5-12(15)11(7-9)14(20)18-10-3-2-6-17-8-10/h2-8H,15H2,1H3,(H,16,19)(H,18,20). The Bertz CT molecular complexity index is 641. The van der Waals surface area contributed by atoms with E-state index in [4.69, 9.17) is 5.73 Å². The molecule has 1 aromatic carbocycles. The molecule has 6 heteroatoms. The lowest BCUT2D eigenvalue weighted by Gasteiger charge is -2.09. The molecule has 0 aliphatic heterocycles. The van der Waals surface area contributed by atoms with E-state index >= 15 is 0 Å². The largest absolute Gasteiger partial charge is 0.398 e. The number of hydrogen-bond donors (Lipinski definition) is 3. The molecule has 0 unspecified atom stereocenters. The lowest BCUT2D eigenvalue weighted by Crippen LogP contribution is -2.20. The zero-order chi connectivity index (χ0) is 14.5. The number of anilines is 2. The van der Waals surface area contributed by atoms with Crippen LogP contribution in [0.3, 0.4) is 0 Å². The van der Waals surface area contributed by atoms with Crippen molar-refractivity contribution in [1.29, 1.82) is 0 Å². The van der Waals surface area contributed by atoms with Gasteiger partial charge >= 0.3 is 0 Å².